The van der Waals surface area contributed by atoms with Crippen LogP contribution in [0.25, 0.3) is 11.0 Å². The molecule has 3 rings (SSSR count). The highest BCUT2D eigenvalue weighted by Crippen LogP contribution is 2.26. The predicted octanol–water partition coefficient (Wildman–Crippen LogP) is 1.44. The maximum Gasteiger partial charge on any atom is 0.297 e. The Morgan fingerprint density at radius 2 is 2.12 bits per heavy atom. The molecule has 1 aliphatic carbocycles. The van der Waals surface area contributed by atoms with Crippen molar-refractivity contribution < 1.29 is 4.74 Å². The van der Waals surface area contributed by atoms with E-state index in [2.05, 4.69) is 4.98 Å². The number of hydrogen-bond acceptors (Lipinski definition) is 3. The van der Waals surface area contributed by atoms with Gasteiger partial charge in [0, 0.05) is 13.1 Å². The van der Waals surface area contributed by atoms with Crippen LogP contribution in [-0.4, -0.2) is 21.7 Å². The number of nitrogens with two attached hydrogens (primary N) is 1. The zero-order valence-corrected chi connectivity index (χ0v) is 9.26. The number of imidazole rings is 1. The third kappa shape index (κ3) is 1.46. The van der Waals surface area contributed by atoms with Crippen molar-refractivity contribution in [3.05, 3.63) is 24.3 Å². The van der Waals surface area contributed by atoms with E-state index in [-0.39, 0.29) is 6.10 Å². The molecule has 2 N–H and O–H groups in total. The average Bonchev–Trinajstić information content (AvgIpc) is 2.55. The molecule has 0 spiro atoms. The molecule has 0 bridgehead atoms. The minimum absolute atomic E-state index is 0.241. The molecule has 1 fully saturated rings. The third-order valence-corrected chi connectivity index (χ3v) is 3.15. The number of rotatable bonds is 2. The summed E-state index contributed by atoms with van der Waals surface area (Å²) < 4.78 is 7.79. The minimum Gasteiger partial charge on any atom is -0.461 e. The second kappa shape index (κ2) is 3.49. The maximum atomic E-state index is 5.81. The largest absolute Gasteiger partial charge is 0.461 e. The minimum atomic E-state index is 0.241. The predicted molar refractivity (Wildman–Crippen MR) is 62.3 cm³/mol. The lowest BCUT2D eigenvalue weighted by Crippen LogP contribution is -2.43. The van der Waals surface area contributed by atoms with E-state index < -0.39 is 0 Å². The van der Waals surface area contributed by atoms with E-state index in [9.17, 15) is 0 Å². The quantitative estimate of drug-likeness (QED) is 0.828. The van der Waals surface area contributed by atoms with Gasteiger partial charge in [-0.2, -0.15) is 4.98 Å². The van der Waals surface area contributed by atoms with Crippen molar-refractivity contribution in [3.63, 3.8) is 0 Å². The Kier molecular flexibility index (Phi) is 2.11. The molecule has 0 radical (unpaired) electrons. The molecular weight excluding hydrogens is 202 g/mol. The summed E-state index contributed by atoms with van der Waals surface area (Å²) in [5.41, 5.74) is 7.80. The molecule has 1 heterocycles. The fraction of sp³-hybridized carbons (Fsp3) is 0.417. The Morgan fingerprint density at radius 1 is 1.38 bits per heavy atom. The van der Waals surface area contributed by atoms with E-state index in [1.807, 2.05) is 35.9 Å². The van der Waals surface area contributed by atoms with Gasteiger partial charge >= 0.3 is 0 Å². The second-order valence-electron chi connectivity index (χ2n) is 4.41. The summed E-state index contributed by atoms with van der Waals surface area (Å²) in [6, 6.07) is 9.03. The standard InChI is InChI=1S/C12H15N3O/c1-15-11-5-3-2-4-10(11)14-12(15)16-9-6-8(13)7-9/h2-5,8-9H,6-7,13H2,1H3. The Labute approximate surface area is 94.0 Å². The van der Waals surface area contributed by atoms with E-state index in [1.165, 1.54) is 0 Å². The summed E-state index contributed by atoms with van der Waals surface area (Å²) in [5.74, 6) is 0. The van der Waals surface area contributed by atoms with Gasteiger partial charge in [-0.15, -0.1) is 0 Å². The van der Waals surface area contributed by atoms with Crippen LogP contribution in [0.15, 0.2) is 24.3 Å². The molecule has 2 aromatic rings. The number of para-hydroxylation sites is 2. The SMILES string of the molecule is Cn1c(OC2CC(N)C2)nc2ccccc21. The van der Waals surface area contributed by atoms with Gasteiger partial charge in [0.05, 0.1) is 11.0 Å². The van der Waals surface area contributed by atoms with Crippen LogP contribution in [0.3, 0.4) is 0 Å². The smallest absolute Gasteiger partial charge is 0.297 e. The molecule has 0 unspecified atom stereocenters. The van der Waals surface area contributed by atoms with Crippen molar-refractivity contribution in [2.75, 3.05) is 0 Å². The molecule has 0 atom stereocenters. The summed E-state index contributed by atoms with van der Waals surface area (Å²) in [6.45, 7) is 0. The highest BCUT2D eigenvalue weighted by molar-refractivity contribution is 5.76. The van der Waals surface area contributed by atoms with Crippen molar-refractivity contribution in [1.82, 2.24) is 9.55 Å². The van der Waals surface area contributed by atoms with Crippen LogP contribution < -0.4 is 10.5 Å². The molecule has 1 aromatic heterocycles. The number of fused-ring (bicyclic) bond motifs is 1. The number of hydrogen-bond donors (Lipinski definition) is 1. The van der Waals surface area contributed by atoms with Crippen LogP contribution in [0, 0.1) is 0 Å². The first-order valence-corrected chi connectivity index (χ1v) is 5.58. The molecule has 16 heavy (non-hydrogen) atoms. The maximum absolute atomic E-state index is 5.81. The average molecular weight is 217 g/mol. The lowest BCUT2D eigenvalue weighted by Gasteiger charge is -2.31. The Morgan fingerprint density at radius 3 is 2.81 bits per heavy atom. The van der Waals surface area contributed by atoms with Crippen LogP contribution >= 0.6 is 0 Å². The van der Waals surface area contributed by atoms with Crippen molar-refractivity contribution in [3.8, 4) is 6.01 Å². The number of ether oxygens (including phenoxy) is 1. The Bertz CT molecular complexity index is 514. The molecule has 1 aromatic carbocycles. The summed E-state index contributed by atoms with van der Waals surface area (Å²) in [5, 5.41) is 0. The van der Waals surface area contributed by atoms with Crippen molar-refractivity contribution in [1.29, 1.82) is 0 Å². The molecule has 1 saturated carbocycles. The fourth-order valence-electron chi connectivity index (χ4n) is 2.08. The number of aryl methyl sites for hydroxylation is 1. The number of aromatic nitrogens is 2. The highest BCUT2D eigenvalue weighted by atomic mass is 16.5. The Hall–Kier alpha value is -1.55. The van der Waals surface area contributed by atoms with Gasteiger partial charge in [-0.1, -0.05) is 12.1 Å². The molecule has 4 heteroatoms. The zero-order chi connectivity index (χ0) is 11.1. The number of benzene rings is 1. The monoisotopic (exact) mass is 217 g/mol. The van der Waals surface area contributed by atoms with Crippen LogP contribution in [0.5, 0.6) is 6.01 Å². The van der Waals surface area contributed by atoms with Crippen molar-refractivity contribution >= 4 is 11.0 Å². The van der Waals surface area contributed by atoms with E-state index >= 15 is 0 Å². The Balaban J connectivity index is 1.89. The topological polar surface area (TPSA) is 53.1 Å². The van der Waals surface area contributed by atoms with E-state index in [1.54, 1.807) is 0 Å². The van der Waals surface area contributed by atoms with Gasteiger partial charge in [0.1, 0.15) is 6.10 Å². The normalized spacial score (nSPS) is 24.4. The highest BCUT2D eigenvalue weighted by Gasteiger charge is 2.28. The van der Waals surface area contributed by atoms with Crippen LogP contribution in [0.4, 0.5) is 0 Å². The molecule has 0 saturated heterocycles. The lowest BCUT2D eigenvalue weighted by molar-refractivity contribution is 0.0878. The lowest BCUT2D eigenvalue weighted by atomic mass is 9.90. The molecule has 84 valence electrons. The van der Waals surface area contributed by atoms with Crippen LogP contribution in [-0.2, 0) is 7.05 Å². The van der Waals surface area contributed by atoms with Crippen LogP contribution in [0.1, 0.15) is 12.8 Å². The summed E-state index contributed by atoms with van der Waals surface area (Å²) >= 11 is 0. The van der Waals surface area contributed by atoms with Gasteiger partial charge in [-0.05, 0) is 25.0 Å². The zero-order valence-electron chi connectivity index (χ0n) is 9.26. The van der Waals surface area contributed by atoms with Gasteiger partial charge < -0.3 is 10.5 Å². The first-order chi connectivity index (χ1) is 7.74. The number of nitrogens with zero attached hydrogens (tertiary/aromatic N) is 2. The molecule has 0 amide bonds. The van der Waals surface area contributed by atoms with Gasteiger partial charge in [-0.25, -0.2) is 0 Å². The first kappa shape index (κ1) is 9.66. The summed E-state index contributed by atoms with van der Waals surface area (Å²) in [4.78, 5) is 4.46. The fourth-order valence-corrected chi connectivity index (χ4v) is 2.08. The van der Waals surface area contributed by atoms with Crippen LogP contribution in [0.2, 0.25) is 0 Å². The van der Waals surface area contributed by atoms with Crippen molar-refractivity contribution in [2.24, 2.45) is 12.8 Å². The van der Waals surface area contributed by atoms with Gasteiger partial charge in [0.2, 0.25) is 0 Å². The van der Waals surface area contributed by atoms with E-state index in [0.717, 1.165) is 23.9 Å². The van der Waals surface area contributed by atoms with Crippen molar-refractivity contribution in [2.45, 2.75) is 25.0 Å². The van der Waals surface area contributed by atoms with E-state index in [4.69, 9.17) is 10.5 Å². The third-order valence-electron chi connectivity index (χ3n) is 3.15. The first-order valence-electron chi connectivity index (χ1n) is 5.58. The molecule has 0 aliphatic heterocycles. The second-order valence-corrected chi connectivity index (χ2v) is 4.41. The summed E-state index contributed by atoms with van der Waals surface area (Å²) in [6.07, 6.45) is 2.11. The van der Waals surface area contributed by atoms with Gasteiger partial charge in [0.25, 0.3) is 6.01 Å². The van der Waals surface area contributed by atoms with E-state index in [0.29, 0.717) is 12.1 Å². The molecular formula is C12H15N3O. The van der Waals surface area contributed by atoms with Gasteiger partial charge in [-0.3, -0.25) is 4.57 Å². The summed E-state index contributed by atoms with van der Waals surface area (Å²) in [7, 11) is 1.98. The molecule has 1 aliphatic rings. The molecule has 4 nitrogen and oxygen atoms in total. The van der Waals surface area contributed by atoms with Gasteiger partial charge in [0.15, 0.2) is 0 Å².